The van der Waals surface area contributed by atoms with Crippen LogP contribution in [0.25, 0.3) is 0 Å². The fourth-order valence-corrected chi connectivity index (χ4v) is 2.01. The van der Waals surface area contributed by atoms with E-state index in [1.54, 1.807) is 12.1 Å². The number of hydrogen-bond donors (Lipinski definition) is 1. The Labute approximate surface area is 105 Å². The molecule has 0 aromatic heterocycles. The molecule has 0 aliphatic rings. The maximum Gasteiger partial charge on any atom is 0.307 e. The maximum atomic E-state index is 11.3. The molecule has 17 heavy (non-hydrogen) atoms. The predicted molar refractivity (Wildman–Crippen MR) is 66.4 cm³/mol. The molecule has 0 fully saturated rings. The highest BCUT2D eigenvalue weighted by molar-refractivity contribution is 6.31. The first-order valence-electron chi connectivity index (χ1n) is 5.44. The highest BCUT2D eigenvalue weighted by Gasteiger charge is 2.20. The summed E-state index contributed by atoms with van der Waals surface area (Å²) in [5, 5.41) is 8.14. The van der Waals surface area contributed by atoms with Gasteiger partial charge in [-0.05, 0) is 30.0 Å². The molecule has 0 aliphatic carbocycles. The van der Waals surface area contributed by atoms with Gasteiger partial charge in [0, 0.05) is 0 Å². The minimum atomic E-state index is -0.917. The normalized spacial score (nSPS) is 12.2. The van der Waals surface area contributed by atoms with Crippen LogP contribution >= 0.6 is 11.6 Å². The number of aryl methyl sites for hydroxylation is 1. The predicted octanol–water partition coefficient (Wildman–Crippen LogP) is 2.75. The van der Waals surface area contributed by atoms with E-state index in [0.717, 1.165) is 12.0 Å². The van der Waals surface area contributed by atoms with Gasteiger partial charge in [-0.1, -0.05) is 25.1 Å². The van der Waals surface area contributed by atoms with Crippen molar-refractivity contribution in [3.05, 3.63) is 34.9 Å². The third-order valence-corrected chi connectivity index (χ3v) is 3.19. The molecule has 92 valence electrons. The average Bonchev–Trinajstić information content (AvgIpc) is 2.27. The molecular weight excluding hydrogens is 240 g/mol. The summed E-state index contributed by atoms with van der Waals surface area (Å²) >= 11 is 6.02. The van der Waals surface area contributed by atoms with Crippen molar-refractivity contribution < 1.29 is 14.7 Å². The lowest BCUT2D eigenvalue weighted by Gasteiger charge is -2.15. The second-order valence-corrected chi connectivity index (χ2v) is 4.32. The molecule has 4 heteroatoms. The molecule has 0 amide bonds. The molecule has 1 N–H and O–H groups in total. The largest absolute Gasteiger partial charge is 0.481 e. The number of ketones is 1. The molecular formula is C13H15ClO3. The van der Waals surface area contributed by atoms with Crippen LogP contribution in [0.2, 0.25) is 0 Å². The van der Waals surface area contributed by atoms with Crippen molar-refractivity contribution in [1.29, 1.82) is 0 Å². The van der Waals surface area contributed by atoms with Gasteiger partial charge < -0.3 is 5.11 Å². The zero-order valence-corrected chi connectivity index (χ0v) is 10.6. The third-order valence-electron chi connectivity index (χ3n) is 2.65. The highest BCUT2D eigenvalue weighted by atomic mass is 35.5. The fraction of sp³-hybridized carbons (Fsp3) is 0.385. The Morgan fingerprint density at radius 3 is 2.53 bits per heavy atom. The van der Waals surface area contributed by atoms with E-state index in [1.807, 2.05) is 13.0 Å². The Morgan fingerprint density at radius 1 is 1.41 bits per heavy atom. The molecule has 1 aromatic carbocycles. The Kier molecular flexibility index (Phi) is 4.70. The van der Waals surface area contributed by atoms with Gasteiger partial charge in [-0.15, -0.1) is 11.6 Å². The molecule has 1 atom stereocenters. The Balaban J connectivity index is 3.28. The lowest BCUT2D eigenvalue weighted by Crippen LogP contribution is -2.11. The van der Waals surface area contributed by atoms with Crippen LogP contribution < -0.4 is 0 Å². The number of rotatable bonds is 5. The number of aliphatic carboxylic acids is 1. The van der Waals surface area contributed by atoms with Gasteiger partial charge in [0.05, 0.1) is 6.42 Å². The summed E-state index contributed by atoms with van der Waals surface area (Å²) in [6, 6.07) is 5.39. The second kappa shape index (κ2) is 5.82. The third kappa shape index (κ3) is 3.30. The molecule has 1 unspecified atom stereocenters. The van der Waals surface area contributed by atoms with Gasteiger partial charge in [0.15, 0.2) is 5.78 Å². The number of hydrogen-bond acceptors (Lipinski definition) is 2. The molecule has 1 aromatic rings. The molecule has 0 saturated heterocycles. The van der Waals surface area contributed by atoms with Crippen molar-refractivity contribution in [2.75, 3.05) is 0 Å². The molecule has 0 radical (unpaired) electrons. The quantitative estimate of drug-likeness (QED) is 0.822. The zero-order valence-electron chi connectivity index (χ0n) is 9.87. The topological polar surface area (TPSA) is 54.4 Å². The minimum absolute atomic E-state index is 0.101. The van der Waals surface area contributed by atoms with Crippen LogP contribution in [0.4, 0.5) is 0 Å². The van der Waals surface area contributed by atoms with Crippen molar-refractivity contribution in [2.45, 2.75) is 32.1 Å². The monoisotopic (exact) mass is 254 g/mol. The van der Waals surface area contributed by atoms with Crippen molar-refractivity contribution >= 4 is 23.4 Å². The second-order valence-electron chi connectivity index (χ2n) is 3.88. The molecule has 0 heterocycles. The first-order valence-corrected chi connectivity index (χ1v) is 5.88. The molecule has 3 nitrogen and oxygen atoms in total. The van der Waals surface area contributed by atoms with E-state index < -0.39 is 11.3 Å². The molecule has 0 spiro atoms. The van der Waals surface area contributed by atoms with Gasteiger partial charge in [0.25, 0.3) is 0 Å². The molecule has 0 aliphatic heterocycles. The standard InChI is InChI=1S/C13H15ClO3/c1-3-9-5-4-6-10(13(14)8(2)15)11(9)7-12(16)17/h4-6,13H,3,7H2,1-2H3,(H,16,17). The summed E-state index contributed by atoms with van der Waals surface area (Å²) in [6.07, 6.45) is 0.619. The number of carbonyl (C=O) groups excluding carboxylic acids is 1. The minimum Gasteiger partial charge on any atom is -0.481 e. The summed E-state index contributed by atoms with van der Waals surface area (Å²) in [7, 11) is 0. The number of carboxylic acids is 1. The Bertz CT molecular complexity index is 440. The van der Waals surface area contributed by atoms with Crippen LogP contribution in [-0.2, 0) is 22.4 Å². The van der Waals surface area contributed by atoms with Crippen molar-refractivity contribution in [3.63, 3.8) is 0 Å². The van der Waals surface area contributed by atoms with Gasteiger partial charge in [0.2, 0.25) is 0 Å². The van der Waals surface area contributed by atoms with E-state index in [9.17, 15) is 9.59 Å². The fourth-order valence-electron chi connectivity index (χ4n) is 1.81. The van der Waals surface area contributed by atoms with Gasteiger partial charge in [-0.25, -0.2) is 0 Å². The van der Waals surface area contributed by atoms with E-state index >= 15 is 0 Å². The Hall–Kier alpha value is -1.35. The van der Waals surface area contributed by atoms with Crippen LogP contribution in [0.1, 0.15) is 35.9 Å². The number of carboxylic acid groups (broad SMARTS) is 1. The molecule has 1 rings (SSSR count). The van der Waals surface area contributed by atoms with Crippen LogP contribution in [0.15, 0.2) is 18.2 Å². The van der Waals surface area contributed by atoms with E-state index in [1.165, 1.54) is 6.92 Å². The zero-order chi connectivity index (χ0) is 13.0. The molecule has 0 saturated carbocycles. The van der Waals surface area contributed by atoms with Gasteiger partial charge in [-0.2, -0.15) is 0 Å². The number of benzene rings is 1. The van der Waals surface area contributed by atoms with Gasteiger partial charge in [0.1, 0.15) is 5.38 Å². The van der Waals surface area contributed by atoms with Gasteiger partial charge in [-0.3, -0.25) is 9.59 Å². The van der Waals surface area contributed by atoms with Crippen LogP contribution in [0.5, 0.6) is 0 Å². The summed E-state index contributed by atoms with van der Waals surface area (Å²) < 4.78 is 0. The van der Waals surface area contributed by atoms with Crippen molar-refractivity contribution in [1.82, 2.24) is 0 Å². The number of Topliss-reactive ketones (excluding diaryl/α,β-unsaturated/α-hetero) is 1. The van der Waals surface area contributed by atoms with E-state index in [-0.39, 0.29) is 12.2 Å². The van der Waals surface area contributed by atoms with Gasteiger partial charge >= 0.3 is 5.97 Å². The van der Waals surface area contributed by atoms with E-state index in [0.29, 0.717) is 11.1 Å². The lowest BCUT2D eigenvalue weighted by atomic mass is 9.93. The van der Waals surface area contributed by atoms with Crippen molar-refractivity contribution in [3.8, 4) is 0 Å². The summed E-state index contributed by atoms with van der Waals surface area (Å²) in [5.74, 6) is -1.09. The molecule has 0 bridgehead atoms. The number of alkyl halides is 1. The van der Waals surface area contributed by atoms with E-state index in [4.69, 9.17) is 16.7 Å². The Morgan fingerprint density at radius 2 is 2.06 bits per heavy atom. The van der Waals surface area contributed by atoms with E-state index in [2.05, 4.69) is 0 Å². The highest BCUT2D eigenvalue weighted by Crippen LogP contribution is 2.28. The average molecular weight is 255 g/mol. The van der Waals surface area contributed by atoms with Crippen LogP contribution in [-0.4, -0.2) is 16.9 Å². The summed E-state index contributed by atoms with van der Waals surface area (Å²) in [6.45, 7) is 3.35. The lowest BCUT2D eigenvalue weighted by molar-refractivity contribution is -0.136. The first-order chi connectivity index (χ1) is 7.97. The van der Waals surface area contributed by atoms with Crippen LogP contribution in [0, 0.1) is 0 Å². The number of halogens is 1. The van der Waals surface area contributed by atoms with Crippen molar-refractivity contribution in [2.24, 2.45) is 0 Å². The maximum absolute atomic E-state index is 11.3. The first kappa shape index (κ1) is 13.7. The smallest absolute Gasteiger partial charge is 0.307 e. The SMILES string of the molecule is CCc1cccc(C(Cl)C(C)=O)c1CC(=O)O. The van der Waals surface area contributed by atoms with Crippen LogP contribution in [0.3, 0.4) is 0 Å². The number of carbonyl (C=O) groups is 2. The summed E-state index contributed by atoms with van der Waals surface area (Å²) in [5.41, 5.74) is 2.20. The summed E-state index contributed by atoms with van der Waals surface area (Å²) in [4.78, 5) is 22.2.